The molecular weight excluding hydrogens is 280 g/mol. The van der Waals surface area contributed by atoms with Gasteiger partial charge in [-0.2, -0.15) is 0 Å². The molecule has 22 heavy (non-hydrogen) atoms. The fourth-order valence-corrected chi connectivity index (χ4v) is 2.73. The van der Waals surface area contributed by atoms with E-state index in [4.69, 9.17) is 4.74 Å². The average Bonchev–Trinajstić information content (AvgIpc) is 2.84. The Balaban J connectivity index is 1.66. The molecule has 3 rings (SSSR count). The number of hydrogen-bond acceptors (Lipinski definition) is 3. The number of fused-ring (bicyclic) bond motifs is 1. The number of hydrogen-bond donors (Lipinski definition) is 3. The number of carbonyl (C=O) groups excluding carboxylic acids is 1. The normalized spacial score (nSPS) is 19.4. The molecule has 0 aromatic heterocycles. The van der Waals surface area contributed by atoms with Gasteiger partial charge in [-0.1, -0.05) is 24.3 Å². The molecule has 1 aliphatic rings. The third-order valence-corrected chi connectivity index (χ3v) is 3.84. The van der Waals surface area contributed by atoms with Gasteiger partial charge < -0.3 is 20.5 Å². The van der Waals surface area contributed by atoms with Gasteiger partial charge in [0.05, 0.1) is 19.3 Å². The molecule has 3 N–H and O–H groups in total. The van der Waals surface area contributed by atoms with Gasteiger partial charge in [0.2, 0.25) is 0 Å². The number of nitrogens with one attached hydrogen (secondary N) is 2. The Morgan fingerprint density at radius 2 is 1.91 bits per heavy atom. The first-order valence-corrected chi connectivity index (χ1v) is 7.15. The maximum Gasteiger partial charge on any atom is 0.319 e. The van der Waals surface area contributed by atoms with Crippen molar-refractivity contribution in [3.05, 3.63) is 59.7 Å². The summed E-state index contributed by atoms with van der Waals surface area (Å²) >= 11 is 0. The molecule has 2 aromatic carbocycles. The first-order chi connectivity index (χ1) is 10.7. The molecule has 5 heteroatoms. The van der Waals surface area contributed by atoms with E-state index in [9.17, 15) is 9.90 Å². The fourth-order valence-electron chi connectivity index (χ4n) is 2.73. The minimum absolute atomic E-state index is 0.342. The van der Waals surface area contributed by atoms with Gasteiger partial charge >= 0.3 is 6.03 Å². The number of rotatable bonds is 3. The van der Waals surface area contributed by atoms with Crippen LogP contribution in [0, 0.1) is 0 Å². The molecule has 1 aliphatic carbocycles. The third-order valence-electron chi connectivity index (χ3n) is 3.84. The zero-order chi connectivity index (χ0) is 15.5. The molecule has 5 nitrogen and oxygen atoms in total. The Morgan fingerprint density at radius 1 is 1.18 bits per heavy atom. The van der Waals surface area contributed by atoms with Gasteiger partial charge in [0.15, 0.2) is 0 Å². The highest BCUT2D eigenvalue weighted by molar-refractivity contribution is 5.89. The molecule has 0 heterocycles. The molecule has 0 unspecified atom stereocenters. The van der Waals surface area contributed by atoms with Gasteiger partial charge in [0.1, 0.15) is 5.75 Å². The van der Waals surface area contributed by atoms with Crippen molar-refractivity contribution in [3.63, 3.8) is 0 Å². The predicted octanol–water partition coefficient (Wildman–Crippen LogP) is 2.48. The summed E-state index contributed by atoms with van der Waals surface area (Å²) < 4.78 is 5.07. The lowest BCUT2D eigenvalue weighted by Gasteiger charge is -2.18. The van der Waals surface area contributed by atoms with E-state index in [0.29, 0.717) is 12.1 Å². The van der Waals surface area contributed by atoms with Crippen molar-refractivity contribution in [3.8, 4) is 5.75 Å². The summed E-state index contributed by atoms with van der Waals surface area (Å²) in [5.41, 5.74) is 2.71. The zero-order valence-electron chi connectivity index (χ0n) is 12.2. The second-order valence-corrected chi connectivity index (χ2v) is 5.27. The van der Waals surface area contributed by atoms with E-state index in [0.717, 1.165) is 16.9 Å². The zero-order valence-corrected chi connectivity index (χ0v) is 12.2. The van der Waals surface area contributed by atoms with Crippen LogP contribution in [0.25, 0.3) is 0 Å². The summed E-state index contributed by atoms with van der Waals surface area (Å²) in [5, 5.41) is 15.7. The van der Waals surface area contributed by atoms with E-state index >= 15 is 0 Å². The number of benzene rings is 2. The van der Waals surface area contributed by atoms with Crippen LogP contribution in [0.1, 0.15) is 17.2 Å². The van der Waals surface area contributed by atoms with Crippen LogP contribution in [0.15, 0.2) is 48.5 Å². The molecular formula is C17H18N2O3. The summed E-state index contributed by atoms with van der Waals surface area (Å²) in [4.78, 5) is 12.1. The van der Waals surface area contributed by atoms with Crippen molar-refractivity contribution in [1.82, 2.24) is 5.32 Å². The Morgan fingerprint density at radius 3 is 2.64 bits per heavy atom. The molecule has 0 radical (unpaired) electrons. The summed E-state index contributed by atoms with van der Waals surface area (Å²) in [7, 11) is 1.59. The van der Waals surface area contributed by atoms with Crippen molar-refractivity contribution < 1.29 is 14.6 Å². The molecule has 114 valence electrons. The predicted molar refractivity (Wildman–Crippen MR) is 84.0 cm³/mol. The largest absolute Gasteiger partial charge is 0.497 e. The molecule has 2 amide bonds. The summed E-state index contributed by atoms with van der Waals surface area (Å²) in [6.07, 6.45) is -0.0389. The van der Waals surface area contributed by atoms with Crippen molar-refractivity contribution in [2.24, 2.45) is 0 Å². The first-order valence-electron chi connectivity index (χ1n) is 7.15. The van der Waals surface area contributed by atoms with E-state index in [1.165, 1.54) is 0 Å². The first kappa shape index (κ1) is 14.4. The van der Waals surface area contributed by atoms with Gasteiger partial charge in [-0.05, 0) is 35.4 Å². The SMILES string of the molecule is COc1ccc(NC(=O)N[C@H]2c3ccccc3C[C@H]2O)cc1. The van der Waals surface area contributed by atoms with Gasteiger partial charge in [0, 0.05) is 12.1 Å². The molecule has 2 atom stereocenters. The second kappa shape index (κ2) is 6.07. The number of anilines is 1. The number of aliphatic hydroxyl groups is 1. The van der Waals surface area contributed by atoms with E-state index in [-0.39, 0.29) is 12.1 Å². The third kappa shape index (κ3) is 2.89. The highest BCUT2D eigenvalue weighted by atomic mass is 16.5. The van der Waals surface area contributed by atoms with Gasteiger partial charge in [-0.15, -0.1) is 0 Å². The lowest BCUT2D eigenvalue weighted by molar-refractivity contribution is 0.144. The fraction of sp³-hybridized carbons (Fsp3) is 0.235. The van der Waals surface area contributed by atoms with Crippen LogP contribution in [0.5, 0.6) is 5.75 Å². The maximum absolute atomic E-state index is 12.1. The van der Waals surface area contributed by atoms with Crippen LogP contribution in [0.4, 0.5) is 10.5 Å². The quantitative estimate of drug-likeness (QED) is 0.815. The van der Waals surface area contributed by atoms with Gasteiger partial charge in [-0.25, -0.2) is 4.79 Å². The minimum Gasteiger partial charge on any atom is -0.497 e. The number of urea groups is 1. The summed E-state index contributed by atoms with van der Waals surface area (Å²) in [5.74, 6) is 0.728. The van der Waals surface area contributed by atoms with Gasteiger partial charge in [0.25, 0.3) is 0 Å². The Bertz CT molecular complexity index is 670. The van der Waals surface area contributed by atoms with E-state index in [1.54, 1.807) is 31.4 Å². The highest BCUT2D eigenvalue weighted by Crippen LogP contribution is 2.31. The van der Waals surface area contributed by atoms with Crippen LogP contribution in [-0.2, 0) is 6.42 Å². The van der Waals surface area contributed by atoms with Crippen molar-refractivity contribution >= 4 is 11.7 Å². The lowest BCUT2D eigenvalue weighted by atomic mass is 10.1. The van der Waals surface area contributed by atoms with Crippen molar-refractivity contribution in [2.75, 3.05) is 12.4 Å². The summed E-state index contributed by atoms with van der Waals surface area (Å²) in [6.45, 7) is 0. The number of aliphatic hydroxyl groups excluding tert-OH is 1. The van der Waals surface area contributed by atoms with Gasteiger partial charge in [-0.3, -0.25) is 0 Å². The topological polar surface area (TPSA) is 70.6 Å². The molecule has 0 saturated heterocycles. The Kier molecular flexibility index (Phi) is 3.98. The van der Waals surface area contributed by atoms with Crippen LogP contribution < -0.4 is 15.4 Å². The monoisotopic (exact) mass is 298 g/mol. The van der Waals surface area contributed by atoms with Crippen LogP contribution >= 0.6 is 0 Å². The molecule has 0 spiro atoms. The molecule has 0 fully saturated rings. The van der Waals surface area contributed by atoms with Crippen LogP contribution in [0.3, 0.4) is 0 Å². The van der Waals surface area contributed by atoms with Crippen LogP contribution in [0.2, 0.25) is 0 Å². The van der Waals surface area contributed by atoms with E-state index in [2.05, 4.69) is 10.6 Å². The van der Waals surface area contributed by atoms with Crippen LogP contribution in [-0.4, -0.2) is 24.4 Å². The Hall–Kier alpha value is -2.53. The molecule has 0 bridgehead atoms. The van der Waals surface area contributed by atoms with Crippen molar-refractivity contribution in [1.29, 1.82) is 0 Å². The van der Waals surface area contributed by atoms with E-state index < -0.39 is 6.10 Å². The second-order valence-electron chi connectivity index (χ2n) is 5.27. The lowest BCUT2D eigenvalue weighted by Crippen LogP contribution is -2.36. The molecule has 0 aliphatic heterocycles. The standard InChI is InChI=1S/C17H18N2O3/c1-22-13-8-6-12(7-9-13)18-17(21)19-16-14-5-3-2-4-11(14)10-15(16)20/h2-9,15-16,20H,10H2,1H3,(H2,18,19,21)/t15-,16+/m1/s1. The number of amides is 2. The maximum atomic E-state index is 12.1. The molecule has 2 aromatic rings. The van der Waals surface area contributed by atoms with E-state index in [1.807, 2.05) is 24.3 Å². The average molecular weight is 298 g/mol. The number of methoxy groups -OCH3 is 1. The minimum atomic E-state index is -0.598. The highest BCUT2D eigenvalue weighted by Gasteiger charge is 2.31. The smallest absolute Gasteiger partial charge is 0.319 e. The summed E-state index contributed by atoms with van der Waals surface area (Å²) in [6, 6.07) is 14.1. The Labute approximate surface area is 128 Å². The number of carbonyl (C=O) groups is 1. The van der Waals surface area contributed by atoms with Crippen molar-refractivity contribution in [2.45, 2.75) is 18.6 Å². The number of ether oxygens (including phenoxy) is 1. The molecule has 0 saturated carbocycles.